The molecule has 0 aliphatic rings. The standard InChI is InChI=1S/C13H22N2O2/c1-10(2)9-12-11(13(16)17)5-6-15(12)8-7-14(3)4/h5-6,10H,7-9H2,1-4H3,(H,16,17). The Morgan fingerprint density at radius 3 is 2.59 bits per heavy atom. The van der Waals surface area contributed by atoms with Gasteiger partial charge in [0.2, 0.25) is 0 Å². The summed E-state index contributed by atoms with van der Waals surface area (Å²) in [5, 5.41) is 9.15. The fraction of sp³-hybridized carbons (Fsp3) is 0.615. The molecule has 96 valence electrons. The van der Waals surface area contributed by atoms with Gasteiger partial charge in [0.1, 0.15) is 0 Å². The molecule has 1 N–H and O–H groups in total. The summed E-state index contributed by atoms with van der Waals surface area (Å²) in [7, 11) is 4.04. The zero-order valence-corrected chi connectivity index (χ0v) is 11.1. The van der Waals surface area contributed by atoms with Crippen LogP contribution in [0.5, 0.6) is 0 Å². The van der Waals surface area contributed by atoms with E-state index in [0.717, 1.165) is 25.2 Å². The second-order valence-electron chi connectivity index (χ2n) is 5.08. The van der Waals surface area contributed by atoms with Crippen LogP contribution in [-0.4, -0.2) is 41.2 Å². The van der Waals surface area contributed by atoms with Crippen LogP contribution in [0, 0.1) is 5.92 Å². The lowest BCUT2D eigenvalue weighted by Crippen LogP contribution is -2.20. The first-order valence-electron chi connectivity index (χ1n) is 5.97. The molecule has 4 nitrogen and oxygen atoms in total. The van der Waals surface area contributed by atoms with Gasteiger partial charge in [-0.25, -0.2) is 4.79 Å². The van der Waals surface area contributed by atoms with Gasteiger partial charge in [0.05, 0.1) is 5.56 Å². The van der Waals surface area contributed by atoms with Gasteiger partial charge in [-0.2, -0.15) is 0 Å². The van der Waals surface area contributed by atoms with Gasteiger partial charge in [-0.05, 0) is 32.5 Å². The highest BCUT2D eigenvalue weighted by Gasteiger charge is 2.15. The molecule has 1 heterocycles. The largest absolute Gasteiger partial charge is 0.478 e. The maximum absolute atomic E-state index is 11.1. The molecular formula is C13H22N2O2. The SMILES string of the molecule is CC(C)Cc1c(C(=O)O)ccn1CCN(C)C. The summed E-state index contributed by atoms with van der Waals surface area (Å²) in [6.45, 7) is 5.96. The van der Waals surface area contributed by atoms with E-state index in [1.807, 2.05) is 20.3 Å². The molecule has 1 aromatic rings. The highest BCUT2D eigenvalue weighted by Crippen LogP contribution is 2.16. The molecule has 0 atom stereocenters. The first-order chi connectivity index (χ1) is 7.91. The minimum atomic E-state index is -0.829. The minimum absolute atomic E-state index is 0.442. The van der Waals surface area contributed by atoms with Crippen molar-refractivity contribution in [1.29, 1.82) is 0 Å². The summed E-state index contributed by atoms with van der Waals surface area (Å²) in [5.41, 5.74) is 1.38. The summed E-state index contributed by atoms with van der Waals surface area (Å²) in [5.74, 6) is -0.370. The molecule has 0 aromatic carbocycles. The Morgan fingerprint density at radius 2 is 2.12 bits per heavy atom. The Balaban J connectivity index is 2.92. The van der Waals surface area contributed by atoms with Crippen molar-refractivity contribution in [3.63, 3.8) is 0 Å². The van der Waals surface area contributed by atoms with Crippen molar-refractivity contribution in [2.45, 2.75) is 26.8 Å². The third-order valence-corrected chi connectivity index (χ3v) is 2.70. The highest BCUT2D eigenvalue weighted by atomic mass is 16.4. The van der Waals surface area contributed by atoms with Crippen molar-refractivity contribution >= 4 is 5.97 Å². The number of carboxylic acid groups (broad SMARTS) is 1. The molecular weight excluding hydrogens is 216 g/mol. The van der Waals surface area contributed by atoms with E-state index in [4.69, 9.17) is 5.11 Å². The topological polar surface area (TPSA) is 45.5 Å². The van der Waals surface area contributed by atoms with Crippen LogP contribution in [0.2, 0.25) is 0 Å². The van der Waals surface area contributed by atoms with Crippen LogP contribution in [0.4, 0.5) is 0 Å². The predicted molar refractivity (Wildman–Crippen MR) is 68.5 cm³/mol. The molecule has 0 spiro atoms. The second kappa shape index (κ2) is 5.87. The average Bonchev–Trinajstić information content (AvgIpc) is 2.57. The number of aromatic carboxylic acids is 1. The van der Waals surface area contributed by atoms with E-state index in [1.54, 1.807) is 6.07 Å². The molecule has 0 saturated carbocycles. The lowest BCUT2D eigenvalue weighted by molar-refractivity contribution is 0.0695. The third-order valence-electron chi connectivity index (χ3n) is 2.70. The number of hydrogen-bond acceptors (Lipinski definition) is 2. The Hall–Kier alpha value is -1.29. The van der Waals surface area contributed by atoms with Crippen molar-refractivity contribution < 1.29 is 9.90 Å². The summed E-state index contributed by atoms with van der Waals surface area (Å²) in [6, 6.07) is 1.70. The van der Waals surface area contributed by atoms with E-state index in [2.05, 4.69) is 23.3 Å². The van der Waals surface area contributed by atoms with E-state index in [0.29, 0.717) is 11.5 Å². The van der Waals surface area contributed by atoms with Crippen LogP contribution in [0.15, 0.2) is 12.3 Å². The summed E-state index contributed by atoms with van der Waals surface area (Å²) in [6.07, 6.45) is 2.69. The van der Waals surface area contributed by atoms with Gasteiger partial charge in [-0.1, -0.05) is 13.8 Å². The van der Waals surface area contributed by atoms with Crippen LogP contribution in [-0.2, 0) is 13.0 Å². The number of rotatable bonds is 6. The quantitative estimate of drug-likeness (QED) is 0.824. The molecule has 0 unspecified atom stereocenters. The van der Waals surface area contributed by atoms with E-state index in [-0.39, 0.29) is 0 Å². The van der Waals surface area contributed by atoms with Crippen molar-refractivity contribution in [2.75, 3.05) is 20.6 Å². The Bertz CT molecular complexity index is 381. The molecule has 4 heteroatoms. The molecule has 0 radical (unpaired) electrons. The maximum atomic E-state index is 11.1. The molecule has 1 rings (SSSR count). The van der Waals surface area contributed by atoms with Gasteiger partial charge in [0.15, 0.2) is 0 Å². The number of carboxylic acids is 1. The molecule has 0 saturated heterocycles. The summed E-state index contributed by atoms with van der Waals surface area (Å²) >= 11 is 0. The number of carbonyl (C=O) groups is 1. The normalized spacial score (nSPS) is 11.4. The fourth-order valence-corrected chi connectivity index (χ4v) is 1.83. The van der Waals surface area contributed by atoms with Gasteiger partial charge in [-0.15, -0.1) is 0 Å². The third kappa shape index (κ3) is 3.89. The summed E-state index contributed by atoms with van der Waals surface area (Å²) < 4.78 is 2.06. The van der Waals surface area contributed by atoms with Crippen molar-refractivity contribution in [2.24, 2.45) is 5.92 Å². The summed E-state index contributed by atoms with van der Waals surface area (Å²) in [4.78, 5) is 13.2. The van der Waals surface area contributed by atoms with E-state index < -0.39 is 5.97 Å². The Labute approximate surface area is 103 Å². The number of hydrogen-bond donors (Lipinski definition) is 1. The van der Waals surface area contributed by atoms with Crippen LogP contribution >= 0.6 is 0 Å². The molecule has 17 heavy (non-hydrogen) atoms. The van der Waals surface area contributed by atoms with Crippen molar-refractivity contribution in [1.82, 2.24) is 9.47 Å². The molecule has 0 fully saturated rings. The Morgan fingerprint density at radius 1 is 1.47 bits per heavy atom. The number of aromatic nitrogens is 1. The van der Waals surface area contributed by atoms with E-state index in [9.17, 15) is 4.79 Å². The fourth-order valence-electron chi connectivity index (χ4n) is 1.83. The zero-order valence-electron chi connectivity index (χ0n) is 11.1. The van der Waals surface area contributed by atoms with Crippen LogP contribution < -0.4 is 0 Å². The first kappa shape index (κ1) is 13.8. The Kier molecular flexibility index (Phi) is 4.75. The molecule has 0 aliphatic carbocycles. The van der Waals surface area contributed by atoms with Gasteiger partial charge >= 0.3 is 5.97 Å². The van der Waals surface area contributed by atoms with Gasteiger partial charge in [0, 0.05) is 25.0 Å². The monoisotopic (exact) mass is 238 g/mol. The van der Waals surface area contributed by atoms with Crippen LogP contribution in [0.25, 0.3) is 0 Å². The predicted octanol–water partition coefficient (Wildman–Crippen LogP) is 1.95. The van der Waals surface area contributed by atoms with Gasteiger partial charge in [0.25, 0.3) is 0 Å². The molecule has 0 bridgehead atoms. The van der Waals surface area contributed by atoms with Crippen LogP contribution in [0.1, 0.15) is 29.9 Å². The van der Waals surface area contributed by atoms with Crippen molar-refractivity contribution in [3.8, 4) is 0 Å². The minimum Gasteiger partial charge on any atom is -0.478 e. The highest BCUT2D eigenvalue weighted by molar-refractivity contribution is 5.89. The number of nitrogens with zero attached hydrogens (tertiary/aromatic N) is 2. The second-order valence-corrected chi connectivity index (χ2v) is 5.08. The smallest absolute Gasteiger partial charge is 0.337 e. The first-order valence-corrected chi connectivity index (χ1v) is 5.97. The van der Waals surface area contributed by atoms with E-state index >= 15 is 0 Å². The molecule has 0 amide bonds. The van der Waals surface area contributed by atoms with Gasteiger partial charge < -0.3 is 14.6 Å². The van der Waals surface area contributed by atoms with Gasteiger partial charge in [-0.3, -0.25) is 0 Å². The molecule has 1 aromatic heterocycles. The van der Waals surface area contributed by atoms with E-state index in [1.165, 1.54) is 0 Å². The lowest BCUT2D eigenvalue weighted by atomic mass is 10.1. The lowest BCUT2D eigenvalue weighted by Gasteiger charge is -2.15. The van der Waals surface area contributed by atoms with Crippen LogP contribution in [0.3, 0.4) is 0 Å². The zero-order chi connectivity index (χ0) is 13.0. The van der Waals surface area contributed by atoms with Crippen molar-refractivity contribution in [3.05, 3.63) is 23.5 Å². The maximum Gasteiger partial charge on any atom is 0.337 e. The molecule has 0 aliphatic heterocycles. The number of likely N-dealkylation sites (N-methyl/N-ethyl adjacent to an activating group) is 1. The average molecular weight is 238 g/mol.